The number of amides is 1. The van der Waals surface area contributed by atoms with Gasteiger partial charge in [0.05, 0.1) is 17.7 Å². The Morgan fingerprint density at radius 3 is 2.95 bits per heavy atom. The molecule has 0 unspecified atom stereocenters. The second-order valence-electron chi connectivity index (χ2n) is 5.01. The second-order valence-corrected chi connectivity index (χ2v) is 5.01. The standard InChI is InChI=1S/C16H20N2O2/c19-11-5-4-6-13-12-17-10-9-15(13)16(20)18-14-7-2-1-3-8-14/h9-10,12,14,19H,1-3,5,7-8,11H2,(H,18,20). The van der Waals surface area contributed by atoms with Gasteiger partial charge in [-0.3, -0.25) is 9.78 Å². The van der Waals surface area contributed by atoms with Crippen LogP contribution in [0.3, 0.4) is 0 Å². The van der Waals surface area contributed by atoms with Crippen LogP contribution in [0.25, 0.3) is 0 Å². The van der Waals surface area contributed by atoms with Crippen molar-refractivity contribution in [1.29, 1.82) is 0 Å². The van der Waals surface area contributed by atoms with Crippen LogP contribution in [0.5, 0.6) is 0 Å². The van der Waals surface area contributed by atoms with Gasteiger partial charge in [0.25, 0.3) is 5.91 Å². The van der Waals surface area contributed by atoms with E-state index in [2.05, 4.69) is 22.1 Å². The number of carbonyl (C=O) groups is 1. The van der Waals surface area contributed by atoms with Crippen LogP contribution in [-0.2, 0) is 0 Å². The fraction of sp³-hybridized carbons (Fsp3) is 0.500. The molecule has 0 spiro atoms. The van der Waals surface area contributed by atoms with E-state index in [0.717, 1.165) is 12.8 Å². The summed E-state index contributed by atoms with van der Waals surface area (Å²) >= 11 is 0. The number of aliphatic hydroxyl groups excluding tert-OH is 1. The van der Waals surface area contributed by atoms with Gasteiger partial charge in [-0.2, -0.15) is 0 Å². The number of hydrogen-bond donors (Lipinski definition) is 2. The maximum Gasteiger partial charge on any atom is 0.252 e. The minimum absolute atomic E-state index is 0.0247. The zero-order valence-electron chi connectivity index (χ0n) is 11.6. The van der Waals surface area contributed by atoms with Crippen molar-refractivity contribution in [3.05, 3.63) is 29.6 Å². The summed E-state index contributed by atoms with van der Waals surface area (Å²) in [6.45, 7) is 0.0247. The Morgan fingerprint density at radius 2 is 2.20 bits per heavy atom. The Balaban J connectivity index is 2.07. The van der Waals surface area contributed by atoms with Gasteiger partial charge < -0.3 is 10.4 Å². The van der Waals surface area contributed by atoms with Gasteiger partial charge in [-0.25, -0.2) is 0 Å². The molecule has 106 valence electrons. The fourth-order valence-electron chi connectivity index (χ4n) is 2.42. The first-order valence-corrected chi connectivity index (χ1v) is 7.16. The first-order chi connectivity index (χ1) is 9.81. The third kappa shape index (κ3) is 4.07. The lowest BCUT2D eigenvalue weighted by molar-refractivity contribution is 0.0927. The van der Waals surface area contributed by atoms with E-state index in [1.165, 1.54) is 19.3 Å². The third-order valence-electron chi connectivity index (χ3n) is 3.47. The lowest BCUT2D eigenvalue weighted by atomic mass is 9.95. The van der Waals surface area contributed by atoms with Gasteiger partial charge in [0.15, 0.2) is 0 Å². The van der Waals surface area contributed by atoms with Gasteiger partial charge in [-0.1, -0.05) is 31.1 Å². The Bertz CT molecular complexity index is 511. The van der Waals surface area contributed by atoms with Crippen molar-refractivity contribution in [1.82, 2.24) is 10.3 Å². The monoisotopic (exact) mass is 272 g/mol. The van der Waals surface area contributed by atoms with Crippen molar-refractivity contribution in [2.45, 2.75) is 44.6 Å². The van der Waals surface area contributed by atoms with E-state index in [1.54, 1.807) is 18.5 Å². The highest BCUT2D eigenvalue weighted by Gasteiger charge is 2.18. The Morgan fingerprint density at radius 1 is 1.40 bits per heavy atom. The largest absolute Gasteiger partial charge is 0.395 e. The van der Waals surface area contributed by atoms with Crippen LogP contribution in [0.1, 0.15) is 54.4 Å². The second kappa shape index (κ2) is 7.66. The first-order valence-electron chi connectivity index (χ1n) is 7.16. The van der Waals surface area contributed by atoms with Crippen LogP contribution >= 0.6 is 0 Å². The van der Waals surface area contributed by atoms with Gasteiger partial charge in [0.2, 0.25) is 0 Å². The normalized spacial score (nSPS) is 15.2. The maximum atomic E-state index is 12.3. The van der Waals surface area contributed by atoms with E-state index in [9.17, 15) is 4.79 Å². The predicted molar refractivity (Wildman–Crippen MR) is 77.2 cm³/mol. The van der Waals surface area contributed by atoms with Crippen LogP contribution in [0, 0.1) is 11.8 Å². The molecule has 1 aliphatic rings. The number of nitrogens with one attached hydrogen (secondary N) is 1. The highest BCUT2D eigenvalue weighted by Crippen LogP contribution is 2.18. The van der Waals surface area contributed by atoms with Gasteiger partial charge in [-0.05, 0) is 18.9 Å². The number of aliphatic hydroxyl groups is 1. The van der Waals surface area contributed by atoms with Crippen molar-refractivity contribution in [2.24, 2.45) is 0 Å². The summed E-state index contributed by atoms with van der Waals surface area (Å²) < 4.78 is 0. The summed E-state index contributed by atoms with van der Waals surface area (Å²) in [5.74, 6) is 5.65. The zero-order valence-corrected chi connectivity index (χ0v) is 11.6. The van der Waals surface area contributed by atoms with Crippen molar-refractivity contribution < 1.29 is 9.90 Å². The molecule has 0 radical (unpaired) electrons. The molecule has 0 saturated heterocycles. The summed E-state index contributed by atoms with van der Waals surface area (Å²) in [6.07, 6.45) is 9.35. The quantitative estimate of drug-likeness (QED) is 0.826. The van der Waals surface area contributed by atoms with Crippen LogP contribution in [-0.4, -0.2) is 28.6 Å². The van der Waals surface area contributed by atoms with E-state index < -0.39 is 0 Å². The van der Waals surface area contributed by atoms with E-state index in [4.69, 9.17) is 5.11 Å². The molecular weight excluding hydrogens is 252 g/mol. The number of carbonyl (C=O) groups excluding carboxylic acids is 1. The average Bonchev–Trinajstić information content (AvgIpc) is 2.49. The highest BCUT2D eigenvalue weighted by atomic mass is 16.2. The van der Waals surface area contributed by atoms with Crippen LogP contribution in [0.4, 0.5) is 0 Å². The lowest BCUT2D eigenvalue weighted by Gasteiger charge is -2.22. The SMILES string of the molecule is O=C(NC1CCCCC1)c1ccncc1C#CCCO. The van der Waals surface area contributed by atoms with Gasteiger partial charge >= 0.3 is 0 Å². The Kier molecular flexibility index (Phi) is 5.57. The minimum atomic E-state index is -0.0763. The molecule has 1 aliphatic carbocycles. The summed E-state index contributed by atoms with van der Waals surface area (Å²) in [5.41, 5.74) is 1.19. The van der Waals surface area contributed by atoms with Crippen LogP contribution in [0.15, 0.2) is 18.5 Å². The summed E-state index contributed by atoms with van der Waals surface area (Å²) in [6, 6.07) is 1.98. The predicted octanol–water partition coefficient (Wildman–Crippen LogP) is 1.88. The topological polar surface area (TPSA) is 62.2 Å². The Labute approximate surface area is 119 Å². The molecular formula is C16H20N2O2. The number of pyridine rings is 1. The molecule has 0 aliphatic heterocycles. The van der Waals surface area contributed by atoms with E-state index in [0.29, 0.717) is 17.5 Å². The lowest BCUT2D eigenvalue weighted by Crippen LogP contribution is -2.36. The van der Waals surface area contributed by atoms with Gasteiger partial charge in [0, 0.05) is 24.9 Å². The number of rotatable bonds is 3. The molecule has 20 heavy (non-hydrogen) atoms. The summed E-state index contributed by atoms with van der Waals surface area (Å²) in [4.78, 5) is 16.3. The number of aromatic nitrogens is 1. The van der Waals surface area contributed by atoms with E-state index in [-0.39, 0.29) is 18.6 Å². The van der Waals surface area contributed by atoms with Crippen LogP contribution in [0.2, 0.25) is 0 Å². The molecule has 1 aromatic heterocycles. The average molecular weight is 272 g/mol. The summed E-state index contributed by atoms with van der Waals surface area (Å²) in [7, 11) is 0. The molecule has 1 fully saturated rings. The number of hydrogen-bond acceptors (Lipinski definition) is 3. The first kappa shape index (κ1) is 14.5. The van der Waals surface area contributed by atoms with E-state index >= 15 is 0 Å². The molecule has 4 heteroatoms. The molecule has 2 rings (SSSR count). The molecule has 4 nitrogen and oxygen atoms in total. The molecule has 1 aromatic rings. The maximum absolute atomic E-state index is 12.3. The number of nitrogens with zero attached hydrogens (tertiary/aromatic N) is 1. The van der Waals surface area contributed by atoms with Gasteiger partial charge in [0.1, 0.15) is 0 Å². The third-order valence-corrected chi connectivity index (χ3v) is 3.47. The zero-order chi connectivity index (χ0) is 14.2. The molecule has 1 saturated carbocycles. The van der Waals surface area contributed by atoms with Crippen molar-refractivity contribution in [3.63, 3.8) is 0 Å². The summed E-state index contributed by atoms with van der Waals surface area (Å²) in [5, 5.41) is 11.8. The van der Waals surface area contributed by atoms with Crippen molar-refractivity contribution in [2.75, 3.05) is 6.61 Å². The molecule has 0 bridgehead atoms. The molecule has 1 amide bonds. The fourth-order valence-corrected chi connectivity index (χ4v) is 2.42. The van der Waals surface area contributed by atoms with Crippen molar-refractivity contribution >= 4 is 5.91 Å². The van der Waals surface area contributed by atoms with Crippen LogP contribution < -0.4 is 5.32 Å². The highest BCUT2D eigenvalue weighted by molar-refractivity contribution is 5.96. The molecule has 2 N–H and O–H groups in total. The van der Waals surface area contributed by atoms with Gasteiger partial charge in [-0.15, -0.1) is 0 Å². The smallest absolute Gasteiger partial charge is 0.252 e. The molecule has 0 atom stereocenters. The molecule has 1 heterocycles. The van der Waals surface area contributed by atoms with E-state index in [1.807, 2.05) is 0 Å². The molecule has 0 aromatic carbocycles. The van der Waals surface area contributed by atoms with Crippen molar-refractivity contribution in [3.8, 4) is 11.8 Å². The Hall–Kier alpha value is -1.86. The minimum Gasteiger partial charge on any atom is -0.395 e.